The van der Waals surface area contributed by atoms with Crippen LogP contribution in [0.25, 0.3) is 10.9 Å². The summed E-state index contributed by atoms with van der Waals surface area (Å²) in [6.07, 6.45) is 0.880. The number of hydrogen-bond donors (Lipinski definition) is 1. The van der Waals surface area contributed by atoms with E-state index in [-0.39, 0.29) is 18.0 Å². The summed E-state index contributed by atoms with van der Waals surface area (Å²) in [5.74, 6) is -1.09. The van der Waals surface area contributed by atoms with Gasteiger partial charge in [0.25, 0.3) is 0 Å². The zero-order chi connectivity index (χ0) is 20.3. The predicted molar refractivity (Wildman–Crippen MR) is 112 cm³/mol. The van der Waals surface area contributed by atoms with Gasteiger partial charge < -0.3 is 14.6 Å². The first-order chi connectivity index (χ1) is 13.5. The highest BCUT2D eigenvalue weighted by Gasteiger charge is 2.25. The lowest BCUT2D eigenvalue weighted by Gasteiger charge is -2.23. The van der Waals surface area contributed by atoms with Crippen LogP contribution in [0.5, 0.6) is 0 Å². The number of carbonyl (C=O) groups is 2. The molecule has 3 rings (SSSR count). The van der Waals surface area contributed by atoms with Crippen molar-refractivity contribution in [1.29, 1.82) is 0 Å². The van der Waals surface area contributed by atoms with Gasteiger partial charge in [0.15, 0.2) is 0 Å². The highest BCUT2D eigenvalue weighted by molar-refractivity contribution is 6.03. The van der Waals surface area contributed by atoms with Crippen molar-refractivity contribution in [2.75, 3.05) is 11.4 Å². The molecule has 0 bridgehead atoms. The van der Waals surface area contributed by atoms with Crippen LogP contribution in [0.15, 0.2) is 48.5 Å². The number of fused-ring (bicyclic) bond motifs is 1. The van der Waals surface area contributed by atoms with Crippen LogP contribution in [-0.2, 0) is 17.8 Å². The zero-order valence-electron chi connectivity index (χ0n) is 16.6. The van der Waals surface area contributed by atoms with Crippen molar-refractivity contribution in [2.24, 2.45) is 0 Å². The number of aromatic nitrogens is 1. The predicted octanol–water partition coefficient (Wildman–Crippen LogP) is 4.65. The molecule has 1 aromatic heterocycles. The van der Waals surface area contributed by atoms with E-state index in [1.54, 1.807) is 9.47 Å². The fourth-order valence-corrected chi connectivity index (χ4v) is 3.79. The summed E-state index contributed by atoms with van der Waals surface area (Å²) >= 11 is 0. The first-order valence-corrected chi connectivity index (χ1v) is 9.68. The summed E-state index contributed by atoms with van der Waals surface area (Å²) < 4.78 is 1.77. The number of carbonyl (C=O) groups excluding carboxylic acids is 1. The Hall–Kier alpha value is -3.08. The Morgan fingerprint density at radius 1 is 1.07 bits per heavy atom. The van der Waals surface area contributed by atoms with Crippen LogP contribution in [0.1, 0.15) is 41.9 Å². The molecule has 1 heterocycles. The van der Waals surface area contributed by atoms with Crippen molar-refractivity contribution in [3.8, 4) is 0 Å². The first kappa shape index (κ1) is 19.7. The van der Waals surface area contributed by atoms with Crippen LogP contribution >= 0.6 is 0 Å². The van der Waals surface area contributed by atoms with E-state index < -0.39 is 5.97 Å². The molecule has 3 aromatic rings. The molecule has 0 aliphatic heterocycles. The van der Waals surface area contributed by atoms with Crippen molar-refractivity contribution < 1.29 is 14.7 Å². The lowest BCUT2D eigenvalue weighted by Crippen LogP contribution is -2.33. The third-order valence-electron chi connectivity index (χ3n) is 4.98. The Morgan fingerprint density at radius 3 is 2.46 bits per heavy atom. The highest BCUT2D eigenvalue weighted by Crippen LogP contribution is 2.28. The van der Waals surface area contributed by atoms with E-state index in [4.69, 9.17) is 0 Å². The summed E-state index contributed by atoms with van der Waals surface area (Å²) in [4.78, 5) is 27.0. The van der Waals surface area contributed by atoms with E-state index in [2.05, 4.69) is 0 Å². The molecule has 0 fully saturated rings. The fraction of sp³-hybridized carbons (Fsp3) is 0.304. The van der Waals surface area contributed by atoms with Crippen molar-refractivity contribution in [2.45, 2.75) is 40.2 Å². The second-order valence-electron chi connectivity index (χ2n) is 6.95. The minimum absolute atomic E-state index is 0.0586. The van der Waals surface area contributed by atoms with Crippen molar-refractivity contribution in [1.82, 2.24) is 4.57 Å². The molecule has 146 valence electrons. The number of nitrogens with zero attached hydrogens (tertiary/aromatic N) is 2. The van der Waals surface area contributed by atoms with Crippen LogP contribution in [0.2, 0.25) is 0 Å². The monoisotopic (exact) mass is 378 g/mol. The minimum atomic E-state index is -1.00. The highest BCUT2D eigenvalue weighted by atomic mass is 16.4. The number of anilines is 1. The largest absolute Gasteiger partial charge is 0.477 e. The van der Waals surface area contributed by atoms with E-state index in [0.29, 0.717) is 18.7 Å². The van der Waals surface area contributed by atoms with Crippen molar-refractivity contribution in [3.63, 3.8) is 0 Å². The molecule has 0 radical (unpaired) electrons. The molecule has 0 saturated carbocycles. The third-order valence-corrected chi connectivity index (χ3v) is 4.98. The molecule has 0 spiro atoms. The molecule has 0 unspecified atom stereocenters. The van der Waals surface area contributed by atoms with Gasteiger partial charge in [-0.25, -0.2) is 4.79 Å². The van der Waals surface area contributed by atoms with Gasteiger partial charge in [-0.3, -0.25) is 4.79 Å². The van der Waals surface area contributed by atoms with Gasteiger partial charge in [-0.1, -0.05) is 37.3 Å². The van der Waals surface area contributed by atoms with E-state index in [9.17, 15) is 14.7 Å². The van der Waals surface area contributed by atoms with Crippen molar-refractivity contribution >= 4 is 28.5 Å². The number of aromatic carboxylic acids is 1. The lowest BCUT2D eigenvalue weighted by molar-refractivity contribution is -0.118. The third kappa shape index (κ3) is 3.65. The number of aryl methyl sites for hydroxylation is 2. The fourth-order valence-electron chi connectivity index (χ4n) is 3.79. The van der Waals surface area contributed by atoms with E-state index in [0.717, 1.165) is 28.6 Å². The summed E-state index contributed by atoms with van der Waals surface area (Å²) in [7, 11) is 0. The average Bonchev–Trinajstić information content (AvgIpc) is 2.99. The Kier molecular flexibility index (Phi) is 5.83. The second kappa shape index (κ2) is 8.30. The van der Waals surface area contributed by atoms with Gasteiger partial charge in [-0.05, 0) is 44.0 Å². The van der Waals surface area contributed by atoms with Crippen LogP contribution in [-0.4, -0.2) is 28.1 Å². The molecule has 1 N–H and O–H groups in total. The first-order valence-electron chi connectivity index (χ1n) is 9.68. The van der Waals surface area contributed by atoms with Crippen LogP contribution in [0, 0.1) is 6.92 Å². The van der Waals surface area contributed by atoms with E-state index in [1.165, 1.54) is 0 Å². The summed E-state index contributed by atoms with van der Waals surface area (Å²) in [6, 6.07) is 15.4. The zero-order valence-corrected chi connectivity index (χ0v) is 16.6. The molecule has 1 amide bonds. The molecular formula is C23H26N2O3. The quantitative estimate of drug-likeness (QED) is 0.651. The normalized spacial score (nSPS) is 11.0. The summed E-state index contributed by atoms with van der Waals surface area (Å²) in [5.41, 5.74) is 3.58. The smallest absolute Gasteiger partial charge is 0.352 e. The lowest BCUT2D eigenvalue weighted by atomic mass is 10.1. The molecule has 5 heteroatoms. The van der Waals surface area contributed by atoms with Crippen LogP contribution in [0.3, 0.4) is 0 Å². The van der Waals surface area contributed by atoms with Gasteiger partial charge in [-0.2, -0.15) is 0 Å². The van der Waals surface area contributed by atoms with Crippen LogP contribution < -0.4 is 4.90 Å². The van der Waals surface area contributed by atoms with Gasteiger partial charge in [0, 0.05) is 35.2 Å². The van der Waals surface area contributed by atoms with Gasteiger partial charge in [0.1, 0.15) is 5.69 Å². The Bertz CT molecular complexity index is 1020. The van der Waals surface area contributed by atoms with Gasteiger partial charge >= 0.3 is 5.97 Å². The van der Waals surface area contributed by atoms with Gasteiger partial charge in [-0.15, -0.1) is 0 Å². The molecule has 0 saturated heterocycles. The Labute approximate surface area is 165 Å². The average molecular weight is 378 g/mol. The maximum Gasteiger partial charge on any atom is 0.352 e. The topological polar surface area (TPSA) is 62.5 Å². The second-order valence-corrected chi connectivity index (χ2v) is 6.95. The maximum absolute atomic E-state index is 13.3. The van der Waals surface area contributed by atoms with Gasteiger partial charge in [0.05, 0.1) is 6.42 Å². The standard InChI is InChI=1S/C23H26N2O3/c1-4-13-25(17-10-8-9-16(3)14-17)21(26)15-19-18-11-6-7-12-20(18)24(5-2)22(19)23(27)28/h6-12,14H,4-5,13,15H2,1-3H3,(H,27,28). The minimum Gasteiger partial charge on any atom is -0.477 e. The Balaban J connectivity index is 2.06. The molecule has 0 atom stereocenters. The van der Waals surface area contributed by atoms with Crippen molar-refractivity contribution in [3.05, 3.63) is 65.4 Å². The number of para-hydroxylation sites is 1. The number of rotatable bonds is 7. The molecule has 5 nitrogen and oxygen atoms in total. The molecule has 2 aromatic carbocycles. The van der Waals surface area contributed by atoms with Gasteiger partial charge in [0.2, 0.25) is 5.91 Å². The molecular weight excluding hydrogens is 352 g/mol. The number of amides is 1. The number of carboxylic acid groups (broad SMARTS) is 1. The Morgan fingerprint density at radius 2 is 1.82 bits per heavy atom. The van der Waals surface area contributed by atoms with E-state index >= 15 is 0 Å². The molecule has 28 heavy (non-hydrogen) atoms. The summed E-state index contributed by atoms with van der Waals surface area (Å²) in [5, 5.41) is 10.7. The number of carboxylic acids is 1. The number of benzene rings is 2. The van der Waals surface area contributed by atoms with E-state index in [1.807, 2.05) is 69.3 Å². The van der Waals surface area contributed by atoms with Crippen LogP contribution in [0.4, 0.5) is 5.69 Å². The number of hydrogen-bond acceptors (Lipinski definition) is 2. The summed E-state index contributed by atoms with van der Waals surface area (Å²) in [6.45, 7) is 7.07. The SMILES string of the molecule is CCCN(C(=O)Cc1c(C(=O)O)n(CC)c2ccccc12)c1cccc(C)c1. The maximum atomic E-state index is 13.3. The molecule has 0 aliphatic rings. The molecule has 0 aliphatic carbocycles.